The molecule has 0 radical (unpaired) electrons. The molecule has 0 saturated heterocycles. The highest BCUT2D eigenvalue weighted by molar-refractivity contribution is 6.00. The Morgan fingerprint density at radius 1 is 1.44 bits per heavy atom. The van der Waals surface area contributed by atoms with E-state index in [1.807, 2.05) is 21.1 Å². The predicted octanol–water partition coefficient (Wildman–Crippen LogP) is 0.519. The van der Waals surface area contributed by atoms with Crippen molar-refractivity contribution in [3.8, 4) is 0 Å². The summed E-state index contributed by atoms with van der Waals surface area (Å²) in [6, 6.07) is 6.67. The first kappa shape index (κ1) is 12.7. The largest absolute Gasteiger partial charge is 0.399 e. The monoisotopic (exact) mass is 223 g/mol. The van der Waals surface area contributed by atoms with Crippen LogP contribution in [0.5, 0.6) is 0 Å². The van der Waals surface area contributed by atoms with Crippen molar-refractivity contribution in [3.63, 3.8) is 0 Å². The highest BCUT2D eigenvalue weighted by atomic mass is 16.3. The van der Waals surface area contributed by atoms with Crippen molar-refractivity contribution in [1.29, 1.82) is 0 Å². The van der Waals surface area contributed by atoms with Gasteiger partial charge in [-0.05, 0) is 12.1 Å². The molecule has 0 aliphatic rings. The van der Waals surface area contributed by atoms with E-state index < -0.39 is 6.10 Å². The number of nitrogens with zero attached hydrogens (tertiary/aromatic N) is 1. The molecule has 16 heavy (non-hydrogen) atoms. The molecule has 4 nitrogen and oxygen atoms in total. The number of rotatable bonds is 4. The van der Waals surface area contributed by atoms with Crippen molar-refractivity contribution in [2.24, 2.45) is 0 Å². The minimum atomic E-state index is -0.984. The third-order valence-electron chi connectivity index (χ3n) is 2.19. The van der Waals surface area contributed by atoms with Gasteiger partial charge in [0.05, 0.1) is 21.1 Å². The van der Waals surface area contributed by atoms with E-state index in [-0.39, 0.29) is 5.78 Å². The molecule has 4 heteroatoms. The lowest BCUT2D eigenvalue weighted by molar-refractivity contribution is -0.872. The van der Waals surface area contributed by atoms with E-state index in [9.17, 15) is 9.90 Å². The van der Waals surface area contributed by atoms with Gasteiger partial charge in [-0.2, -0.15) is 0 Å². The van der Waals surface area contributed by atoms with Gasteiger partial charge in [0, 0.05) is 11.3 Å². The average molecular weight is 223 g/mol. The number of likely N-dealkylation sites (N-methyl/N-ethyl adjacent to an activating group) is 1. The summed E-state index contributed by atoms with van der Waals surface area (Å²) in [6.07, 6.45) is -0.984. The molecule has 0 aliphatic heterocycles. The highest BCUT2D eigenvalue weighted by Crippen LogP contribution is 2.10. The number of benzene rings is 1. The second-order valence-corrected chi connectivity index (χ2v) is 4.98. The maximum absolute atomic E-state index is 11.9. The van der Waals surface area contributed by atoms with Gasteiger partial charge in [0.2, 0.25) is 0 Å². The lowest BCUT2D eigenvalue weighted by atomic mass is 10.1. The Labute approximate surface area is 95.9 Å². The quantitative estimate of drug-likeness (QED) is 0.444. The predicted molar refractivity (Wildman–Crippen MR) is 64.1 cm³/mol. The van der Waals surface area contributed by atoms with E-state index in [1.165, 1.54) is 0 Å². The highest BCUT2D eigenvalue weighted by Gasteiger charge is 2.23. The van der Waals surface area contributed by atoms with E-state index in [4.69, 9.17) is 5.73 Å². The molecule has 1 unspecified atom stereocenters. The first-order chi connectivity index (χ1) is 7.29. The van der Waals surface area contributed by atoms with Gasteiger partial charge >= 0.3 is 0 Å². The summed E-state index contributed by atoms with van der Waals surface area (Å²) in [5.41, 5.74) is 6.58. The van der Waals surface area contributed by atoms with Gasteiger partial charge in [0.1, 0.15) is 6.54 Å². The lowest BCUT2D eigenvalue weighted by Crippen LogP contribution is -2.44. The third-order valence-corrected chi connectivity index (χ3v) is 2.19. The van der Waals surface area contributed by atoms with Crippen molar-refractivity contribution < 1.29 is 14.4 Å². The standard InChI is InChI=1S/C12H19N2O2/c1-14(2,3)8-11(15)12(16)9-5-4-6-10(13)7-9/h4-7,11,15H,8,13H2,1-3H3/q+1. The number of hydrogen-bond acceptors (Lipinski definition) is 3. The van der Waals surface area contributed by atoms with Crippen LogP contribution in [0.1, 0.15) is 10.4 Å². The van der Waals surface area contributed by atoms with E-state index in [0.29, 0.717) is 22.3 Å². The number of carbonyl (C=O) groups excluding carboxylic acids is 1. The smallest absolute Gasteiger partial charge is 0.197 e. The maximum atomic E-state index is 11.9. The zero-order valence-corrected chi connectivity index (χ0v) is 9.97. The maximum Gasteiger partial charge on any atom is 0.197 e. The van der Waals surface area contributed by atoms with Crippen LogP contribution >= 0.6 is 0 Å². The summed E-state index contributed by atoms with van der Waals surface area (Å²) in [4.78, 5) is 11.9. The van der Waals surface area contributed by atoms with Gasteiger partial charge in [-0.3, -0.25) is 4.79 Å². The summed E-state index contributed by atoms with van der Waals surface area (Å²) in [7, 11) is 5.78. The zero-order chi connectivity index (χ0) is 12.3. The fourth-order valence-electron chi connectivity index (χ4n) is 1.49. The molecule has 88 valence electrons. The molecule has 0 fully saturated rings. The van der Waals surface area contributed by atoms with E-state index >= 15 is 0 Å². The topological polar surface area (TPSA) is 63.3 Å². The molecule has 0 aliphatic carbocycles. The van der Waals surface area contributed by atoms with Gasteiger partial charge in [-0.1, -0.05) is 12.1 Å². The number of aliphatic hydroxyl groups is 1. The van der Waals surface area contributed by atoms with Crippen molar-refractivity contribution in [1.82, 2.24) is 0 Å². The van der Waals surface area contributed by atoms with Crippen LogP contribution in [0.3, 0.4) is 0 Å². The molecule has 1 aromatic carbocycles. The van der Waals surface area contributed by atoms with Crippen LogP contribution in [0.4, 0.5) is 5.69 Å². The van der Waals surface area contributed by atoms with Crippen molar-refractivity contribution in [2.75, 3.05) is 33.4 Å². The molecule has 0 bridgehead atoms. The first-order valence-electron chi connectivity index (χ1n) is 5.18. The average Bonchev–Trinajstić information content (AvgIpc) is 2.14. The Bertz CT molecular complexity index is 383. The zero-order valence-electron chi connectivity index (χ0n) is 9.97. The van der Waals surface area contributed by atoms with E-state index in [2.05, 4.69) is 0 Å². The number of anilines is 1. The molecule has 1 aromatic rings. The van der Waals surface area contributed by atoms with Crippen LogP contribution in [-0.4, -0.2) is 49.2 Å². The number of quaternary nitrogens is 1. The van der Waals surface area contributed by atoms with Gasteiger partial charge in [0.15, 0.2) is 11.9 Å². The van der Waals surface area contributed by atoms with Gasteiger partial charge in [-0.25, -0.2) is 0 Å². The first-order valence-corrected chi connectivity index (χ1v) is 5.18. The Balaban J connectivity index is 2.78. The number of nitrogens with two attached hydrogens (primary N) is 1. The molecular weight excluding hydrogens is 204 g/mol. The summed E-state index contributed by atoms with van der Waals surface area (Å²) < 4.78 is 0.537. The molecule has 0 saturated carbocycles. The Morgan fingerprint density at radius 3 is 2.56 bits per heavy atom. The van der Waals surface area contributed by atoms with Crippen LogP contribution < -0.4 is 5.73 Å². The minimum Gasteiger partial charge on any atom is -0.399 e. The van der Waals surface area contributed by atoms with Gasteiger partial charge < -0.3 is 15.3 Å². The summed E-state index contributed by atoms with van der Waals surface area (Å²) in [6.45, 7) is 0.383. The molecule has 0 heterocycles. The number of ketones is 1. The fourth-order valence-corrected chi connectivity index (χ4v) is 1.49. The molecule has 3 N–H and O–H groups in total. The van der Waals surface area contributed by atoms with E-state index in [0.717, 1.165) is 0 Å². The number of nitrogen functional groups attached to an aromatic ring is 1. The van der Waals surface area contributed by atoms with Gasteiger partial charge in [0.25, 0.3) is 0 Å². The van der Waals surface area contributed by atoms with Crippen LogP contribution in [0.25, 0.3) is 0 Å². The third kappa shape index (κ3) is 3.64. The normalized spacial score (nSPS) is 13.5. The Hall–Kier alpha value is -1.39. The second kappa shape index (κ2) is 4.63. The SMILES string of the molecule is C[N+](C)(C)CC(O)C(=O)c1cccc(N)c1. The van der Waals surface area contributed by atoms with Crippen LogP contribution in [0.2, 0.25) is 0 Å². The number of carbonyl (C=O) groups is 1. The van der Waals surface area contributed by atoms with Crippen molar-refractivity contribution in [2.45, 2.75) is 6.10 Å². The number of Topliss-reactive ketones (excluding diaryl/α,β-unsaturated/α-hetero) is 1. The Morgan fingerprint density at radius 2 is 2.06 bits per heavy atom. The van der Waals surface area contributed by atoms with Crippen LogP contribution in [0, 0.1) is 0 Å². The number of hydrogen-bond donors (Lipinski definition) is 2. The second-order valence-electron chi connectivity index (χ2n) is 4.98. The van der Waals surface area contributed by atoms with Crippen LogP contribution in [0.15, 0.2) is 24.3 Å². The lowest BCUT2D eigenvalue weighted by Gasteiger charge is -2.26. The van der Waals surface area contributed by atoms with Crippen LogP contribution in [-0.2, 0) is 0 Å². The summed E-state index contributed by atoms with van der Waals surface area (Å²) in [5.74, 6) is -0.277. The van der Waals surface area contributed by atoms with Gasteiger partial charge in [-0.15, -0.1) is 0 Å². The number of aliphatic hydroxyl groups excluding tert-OH is 1. The molecular formula is C12H19N2O2+. The molecule has 0 amide bonds. The molecule has 0 aromatic heterocycles. The molecule has 1 atom stereocenters. The van der Waals surface area contributed by atoms with Crippen molar-refractivity contribution in [3.05, 3.63) is 29.8 Å². The fraction of sp³-hybridized carbons (Fsp3) is 0.417. The Kier molecular flexibility index (Phi) is 3.67. The summed E-state index contributed by atoms with van der Waals surface area (Å²) >= 11 is 0. The van der Waals surface area contributed by atoms with E-state index in [1.54, 1.807) is 24.3 Å². The van der Waals surface area contributed by atoms with Crippen molar-refractivity contribution >= 4 is 11.5 Å². The molecule has 1 rings (SSSR count). The molecule has 0 spiro atoms. The summed E-state index contributed by atoms with van der Waals surface area (Å²) in [5, 5.41) is 9.79. The minimum absolute atomic E-state index is 0.277.